The first kappa shape index (κ1) is 33.5. The predicted octanol–water partition coefficient (Wildman–Crippen LogP) is 3.62. The van der Waals surface area contributed by atoms with E-state index in [1.807, 2.05) is 23.6 Å². The lowest BCUT2D eigenvalue weighted by Crippen LogP contribution is -2.32. The molecule has 0 bridgehead atoms. The Balaban J connectivity index is 1.40. The van der Waals surface area contributed by atoms with Crippen LogP contribution in [-0.4, -0.2) is 58.1 Å². The number of para-hydroxylation sites is 1. The molecule has 1 aliphatic rings. The highest BCUT2D eigenvalue weighted by Gasteiger charge is 2.33. The number of carbonyl (C=O) groups is 4. The molecular formula is C31H34N5O10P. The second kappa shape index (κ2) is 13.9. The molecular weight excluding hydrogens is 633 g/mol. The summed E-state index contributed by atoms with van der Waals surface area (Å²) in [6.07, 6.45) is 2.32. The molecule has 0 radical (unpaired) electrons. The summed E-state index contributed by atoms with van der Waals surface area (Å²) < 4.78 is 18.0. The van der Waals surface area contributed by atoms with E-state index in [1.165, 1.54) is 12.1 Å². The maximum Gasteiger partial charge on any atom is 0.524 e. The van der Waals surface area contributed by atoms with Crippen LogP contribution in [0.15, 0.2) is 36.4 Å². The number of unbranched alkanes of at least 4 members (excludes halogenated alkanes) is 1. The van der Waals surface area contributed by atoms with E-state index in [0.717, 1.165) is 18.4 Å². The summed E-state index contributed by atoms with van der Waals surface area (Å²) in [7, 11) is -4.92. The zero-order valence-electron chi connectivity index (χ0n) is 25.5. The smallest absolute Gasteiger partial charge is 0.504 e. The summed E-state index contributed by atoms with van der Waals surface area (Å²) in [6, 6.07) is 9.86. The van der Waals surface area contributed by atoms with Crippen molar-refractivity contribution in [2.75, 3.05) is 5.73 Å². The van der Waals surface area contributed by atoms with E-state index in [0.29, 0.717) is 51.2 Å². The maximum atomic E-state index is 12.6. The predicted molar refractivity (Wildman–Crippen MR) is 168 cm³/mol. The number of anilines is 1. The second-order valence-electron chi connectivity index (χ2n) is 11.2. The van der Waals surface area contributed by atoms with Gasteiger partial charge in [0.15, 0.2) is 17.3 Å². The number of aryl methyl sites for hydroxylation is 2. The van der Waals surface area contributed by atoms with Crippen LogP contribution in [0.1, 0.15) is 68.8 Å². The van der Waals surface area contributed by atoms with Gasteiger partial charge in [-0.25, -0.2) is 19.3 Å². The lowest BCUT2D eigenvalue weighted by molar-refractivity contribution is -0.197. The topological polar surface area (TPSA) is 224 Å². The molecule has 5 N–H and O–H groups in total. The van der Waals surface area contributed by atoms with Crippen LogP contribution >= 0.6 is 7.82 Å². The lowest BCUT2D eigenvalue weighted by Gasteiger charge is -2.15. The summed E-state index contributed by atoms with van der Waals surface area (Å²) in [5, 5.41) is 12.0. The Kier molecular flexibility index (Phi) is 9.89. The van der Waals surface area contributed by atoms with Crippen LogP contribution in [0.2, 0.25) is 0 Å². The van der Waals surface area contributed by atoms with Gasteiger partial charge in [0.25, 0.3) is 11.8 Å². The van der Waals surface area contributed by atoms with E-state index in [-0.39, 0.29) is 56.0 Å². The number of pyridine rings is 1. The summed E-state index contributed by atoms with van der Waals surface area (Å²) in [5.41, 5.74) is 9.14. The largest absolute Gasteiger partial charge is 0.524 e. The number of amides is 2. The number of phenolic OH excluding ortho intramolecular Hbond substituents is 1. The number of imidazole rings is 1. The number of aromatic hydroxyl groups is 1. The van der Waals surface area contributed by atoms with Gasteiger partial charge in [-0.3, -0.25) is 24.2 Å². The molecule has 0 atom stereocenters. The first-order chi connectivity index (χ1) is 22.3. The number of phenols is 1. The normalized spacial score (nSPS) is 13.6. The summed E-state index contributed by atoms with van der Waals surface area (Å²) in [5.74, 6) is -2.12. The van der Waals surface area contributed by atoms with Crippen molar-refractivity contribution in [2.45, 2.75) is 71.3 Å². The third-order valence-corrected chi connectivity index (χ3v) is 8.16. The van der Waals surface area contributed by atoms with E-state index < -0.39 is 31.4 Å². The molecule has 4 aromatic rings. The van der Waals surface area contributed by atoms with Crippen LogP contribution in [0.5, 0.6) is 11.5 Å². The number of imide groups is 1. The first-order valence-corrected chi connectivity index (χ1v) is 16.6. The number of phosphoric ester groups is 1. The number of hydroxylamine groups is 2. The van der Waals surface area contributed by atoms with Crippen molar-refractivity contribution < 1.29 is 48.0 Å². The molecule has 1 fully saturated rings. The van der Waals surface area contributed by atoms with E-state index in [2.05, 4.69) is 9.51 Å². The maximum absolute atomic E-state index is 12.6. The molecule has 47 heavy (non-hydrogen) atoms. The highest BCUT2D eigenvalue weighted by Crippen LogP contribution is 2.43. The van der Waals surface area contributed by atoms with Crippen molar-refractivity contribution in [3.63, 3.8) is 0 Å². The Labute approximate surface area is 268 Å². The minimum absolute atomic E-state index is 0.0178. The molecule has 0 spiro atoms. The average molecular weight is 668 g/mol. The zero-order chi connectivity index (χ0) is 33.9. The number of hydrogen-bond donors (Lipinski definition) is 4. The molecule has 5 rings (SSSR count). The molecule has 2 aromatic heterocycles. The van der Waals surface area contributed by atoms with Crippen LogP contribution in [-0.2, 0) is 48.0 Å². The van der Waals surface area contributed by atoms with Gasteiger partial charge in [-0.15, -0.1) is 5.06 Å². The Bertz CT molecular complexity index is 1920. The second-order valence-corrected chi connectivity index (χ2v) is 12.4. The number of nitrogen functional groups attached to an aromatic ring is 1. The van der Waals surface area contributed by atoms with E-state index in [1.54, 1.807) is 12.1 Å². The van der Waals surface area contributed by atoms with E-state index >= 15 is 0 Å². The number of hydrogen-bond acceptors (Lipinski definition) is 11. The van der Waals surface area contributed by atoms with Gasteiger partial charge in [-0.2, -0.15) is 0 Å². The van der Waals surface area contributed by atoms with Gasteiger partial charge in [-0.05, 0) is 36.6 Å². The quantitative estimate of drug-likeness (QED) is 0.111. The van der Waals surface area contributed by atoms with Gasteiger partial charge >= 0.3 is 13.8 Å². The molecule has 0 aliphatic carbocycles. The number of nitrogens with two attached hydrogens (primary N) is 1. The fourth-order valence-corrected chi connectivity index (χ4v) is 5.78. The number of fused-ring (bicyclic) bond motifs is 3. The van der Waals surface area contributed by atoms with Crippen LogP contribution in [0.4, 0.5) is 5.82 Å². The Hall–Kier alpha value is -4.85. The minimum Gasteiger partial charge on any atom is -0.504 e. The molecule has 2 aromatic carbocycles. The molecule has 1 saturated heterocycles. The number of carbonyl (C=O) groups excluding carboxylic acids is 4. The SMILES string of the molecule is CCCCc1nc2c(N)nc3ccc(CCC(=O)CCC(=O)ON4C(=O)CCC4=O)cc3c2n1Cc1cccc(OP(=O)(O)O)c1O. The number of ketones is 1. The number of Topliss-reactive ketones (excluding diaryl/α,β-unsaturated/α-hetero) is 1. The van der Waals surface area contributed by atoms with Gasteiger partial charge in [0.1, 0.15) is 17.1 Å². The van der Waals surface area contributed by atoms with Gasteiger partial charge in [-0.1, -0.05) is 31.5 Å². The van der Waals surface area contributed by atoms with E-state index in [9.17, 15) is 38.6 Å². The van der Waals surface area contributed by atoms with E-state index in [4.69, 9.17) is 15.6 Å². The molecule has 2 amide bonds. The van der Waals surface area contributed by atoms with Gasteiger partial charge in [0.2, 0.25) is 0 Å². The fourth-order valence-electron chi connectivity index (χ4n) is 5.38. The Morgan fingerprint density at radius 2 is 1.77 bits per heavy atom. The zero-order valence-corrected chi connectivity index (χ0v) is 26.4. The van der Waals surface area contributed by atoms with Crippen molar-refractivity contribution in [3.05, 3.63) is 53.3 Å². The van der Waals surface area contributed by atoms with Crippen LogP contribution in [0, 0.1) is 0 Å². The molecule has 0 unspecified atom stereocenters. The number of phosphoric acid groups is 1. The van der Waals surface area contributed by atoms with Crippen molar-refractivity contribution in [1.29, 1.82) is 0 Å². The Morgan fingerprint density at radius 1 is 1.02 bits per heavy atom. The van der Waals surface area contributed by atoms with Crippen molar-refractivity contribution in [3.8, 4) is 11.5 Å². The highest BCUT2D eigenvalue weighted by atomic mass is 31.2. The number of nitrogens with zero attached hydrogens (tertiary/aromatic N) is 4. The molecule has 248 valence electrons. The van der Waals surface area contributed by atoms with Crippen LogP contribution < -0.4 is 10.3 Å². The summed E-state index contributed by atoms with van der Waals surface area (Å²) >= 11 is 0. The average Bonchev–Trinajstić information content (AvgIpc) is 3.54. The fraction of sp³-hybridized carbons (Fsp3) is 0.355. The Morgan fingerprint density at radius 3 is 2.47 bits per heavy atom. The molecule has 1 aliphatic heterocycles. The van der Waals surface area contributed by atoms with Crippen LogP contribution in [0.25, 0.3) is 21.9 Å². The van der Waals surface area contributed by atoms with Gasteiger partial charge < -0.3 is 24.8 Å². The molecule has 3 heterocycles. The third kappa shape index (κ3) is 7.76. The van der Waals surface area contributed by atoms with Gasteiger partial charge in [0, 0.05) is 43.1 Å². The van der Waals surface area contributed by atoms with Crippen molar-refractivity contribution in [2.24, 2.45) is 0 Å². The molecule has 15 nitrogen and oxygen atoms in total. The van der Waals surface area contributed by atoms with Crippen molar-refractivity contribution >= 4 is 59.1 Å². The number of benzene rings is 2. The lowest BCUT2D eigenvalue weighted by atomic mass is 10.0. The minimum atomic E-state index is -4.92. The molecule has 16 heteroatoms. The monoisotopic (exact) mass is 667 g/mol. The van der Waals surface area contributed by atoms with Crippen LogP contribution in [0.3, 0.4) is 0 Å². The number of aromatic nitrogens is 3. The van der Waals surface area contributed by atoms with Gasteiger partial charge in [0.05, 0.1) is 24.0 Å². The first-order valence-electron chi connectivity index (χ1n) is 15.1. The third-order valence-electron chi connectivity index (χ3n) is 7.73. The highest BCUT2D eigenvalue weighted by molar-refractivity contribution is 7.46. The summed E-state index contributed by atoms with van der Waals surface area (Å²) in [4.78, 5) is 80.7. The standard InChI is InChI=1S/C31H34N5O10P/c1-2-3-7-24-34-28-29(35(24)17-19-5-4-6-23(30(19)41)46-47(42,43)44)21-16-18(9-12-22(21)33-31(28)32)8-10-20(37)11-15-27(40)45-36-25(38)13-14-26(36)39/h4-6,9,12,16,41H,2-3,7-8,10-11,13-15,17H2,1H3,(H2,32,33)(H2,42,43,44). The number of rotatable bonds is 14. The molecule has 0 saturated carbocycles. The van der Waals surface area contributed by atoms with Crippen molar-refractivity contribution in [1.82, 2.24) is 19.6 Å². The summed E-state index contributed by atoms with van der Waals surface area (Å²) in [6.45, 7) is 2.12.